The largest absolute Gasteiger partial charge is 0.492 e. The molecule has 0 fully saturated rings. The number of amides is 2. The fourth-order valence-electron chi connectivity index (χ4n) is 2.94. The normalized spacial score (nSPS) is 13.1. The van der Waals surface area contributed by atoms with Crippen molar-refractivity contribution in [1.29, 1.82) is 0 Å². The average molecular weight is 340 g/mol. The molecule has 128 valence electrons. The van der Waals surface area contributed by atoms with E-state index in [1.807, 2.05) is 32.0 Å². The SMILES string of the molecule is Cc1cc(C)cc(OCCN2C(=O)c3cccc([N+](=O)[O-])c3C2=O)c1. The molecule has 1 aliphatic heterocycles. The Labute approximate surface area is 144 Å². The number of hydrogen-bond donors (Lipinski definition) is 0. The zero-order valence-electron chi connectivity index (χ0n) is 13.8. The van der Waals surface area contributed by atoms with Crippen LogP contribution in [-0.4, -0.2) is 34.8 Å². The van der Waals surface area contributed by atoms with Crippen molar-refractivity contribution in [2.75, 3.05) is 13.2 Å². The van der Waals surface area contributed by atoms with E-state index in [-0.39, 0.29) is 30.0 Å². The summed E-state index contributed by atoms with van der Waals surface area (Å²) in [5.41, 5.74) is 1.65. The monoisotopic (exact) mass is 340 g/mol. The van der Waals surface area contributed by atoms with Gasteiger partial charge in [0.2, 0.25) is 0 Å². The molecular weight excluding hydrogens is 324 g/mol. The van der Waals surface area contributed by atoms with Crippen LogP contribution >= 0.6 is 0 Å². The molecule has 0 saturated carbocycles. The van der Waals surface area contributed by atoms with E-state index in [9.17, 15) is 19.7 Å². The van der Waals surface area contributed by atoms with Gasteiger partial charge in [-0.2, -0.15) is 0 Å². The molecule has 0 radical (unpaired) electrons. The van der Waals surface area contributed by atoms with Crippen LogP contribution in [0.5, 0.6) is 5.75 Å². The van der Waals surface area contributed by atoms with Gasteiger partial charge in [0.15, 0.2) is 0 Å². The van der Waals surface area contributed by atoms with Crippen LogP contribution in [0.3, 0.4) is 0 Å². The topological polar surface area (TPSA) is 89.8 Å². The van der Waals surface area contributed by atoms with Crippen LogP contribution in [0.4, 0.5) is 5.69 Å². The van der Waals surface area contributed by atoms with E-state index in [0.717, 1.165) is 16.0 Å². The first-order valence-electron chi connectivity index (χ1n) is 7.73. The lowest BCUT2D eigenvalue weighted by Gasteiger charge is -2.14. The summed E-state index contributed by atoms with van der Waals surface area (Å²) in [6.45, 7) is 4.03. The molecule has 2 amide bonds. The van der Waals surface area contributed by atoms with E-state index in [4.69, 9.17) is 4.74 Å². The number of fused-ring (bicyclic) bond motifs is 1. The number of nitro groups is 1. The van der Waals surface area contributed by atoms with Gasteiger partial charge in [-0.15, -0.1) is 0 Å². The highest BCUT2D eigenvalue weighted by Gasteiger charge is 2.40. The number of rotatable bonds is 5. The molecule has 0 aromatic heterocycles. The Kier molecular flexibility index (Phi) is 4.22. The van der Waals surface area contributed by atoms with Crippen molar-refractivity contribution in [3.8, 4) is 5.75 Å². The fourth-order valence-corrected chi connectivity index (χ4v) is 2.94. The molecular formula is C18H16N2O5. The van der Waals surface area contributed by atoms with Crippen LogP contribution in [0.2, 0.25) is 0 Å². The summed E-state index contributed by atoms with van der Waals surface area (Å²) in [5.74, 6) is -0.538. The third-order valence-electron chi connectivity index (χ3n) is 3.95. The van der Waals surface area contributed by atoms with Gasteiger partial charge >= 0.3 is 0 Å². The molecule has 25 heavy (non-hydrogen) atoms. The Bertz CT molecular complexity index is 871. The van der Waals surface area contributed by atoms with Gasteiger partial charge in [0.1, 0.15) is 17.9 Å². The maximum atomic E-state index is 12.4. The molecule has 0 atom stereocenters. The van der Waals surface area contributed by atoms with Gasteiger partial charge < -0.3 is 4.74 Å². The Morgan fingerprint density at radius 3 is 2.40 bits per heavy atom. The number of carbonyl (C=O) groups excluding carboxylic acids is 2. The van der Waals surface area contributed by atoms with Crippen LogP contribution in [0.15, 0.2) is 36.4 Å². The number of benzene rings is 2. The van der Waals surface area contributed by atoms with Gasteiger partial charge in [-0.25, -0.2) is 0 Å². The molecule has 0 saturated heterocycles. The lowest BCUT2D eigenvalue weighted by Crippen LogP contribution is -2.33. The van der Waals surface area contributed by atoms with Crippen molar-refractivity contribution in [3.05, 3.63) is 68.8 Å². The predicted octanol–water partition coefficient (Wildman–Crippen LogP) is 2.89. The smallest absolute Gasteiger partial charge is 0.282 e. The van der Waals surface area contributed by atoms with Gasteiger partial charge in [-0.1, -0.05) is 12.1 Å². The third-order valence-corrected chi connectivity index (χ3v) is 3.95. The zero-order chi connectivity index (χ0) is 18.1. The molecule has 0 bridgehead atoms. The molecule has 2 aromatic rings. The maximum Gasteiger partial charge on any atom is 0.282 e. The zero-order valence-corrected chi connectivity index (χ0v) is 13.8. The lowest BCUT2D eigenvalue weighted by molar-refractivity contribution is -0.385. The van der Waals surface area contributed by atoms with E-state index in [2.05, 4.69) is 0 Å². The Hall–Kier alpha value is -3.22. The highest BCUT2D eigenvalue weighted by atomic mass is 16.6. The first-order chi connectivity index (χ1) is 11.9. The van der Waals surface area contributed by atoms with Crippen LogP contribution in [0, 0.1) is 24.0 Å². The molecule has 1 heterocycles. The predicted molar refractivity (Wildman–Crippen MR) is 89.9 cm³/mol. The van der Waals surface area contributed by atoms with Gasteiger partial charge in [0.25, 0.3) is 17.5 Å². The Morgan fingerprint density at radius 1 is 1.08 bits per heavy atom. The Morgan fingerprint density at radius 2 is 1.76 bits per heavy atom. The van der Waals surface area contributed by atoms with Crippen LogP contribution in [0.25, 0.3) is 0 Å². The molecule has 2 aromatic carbocycles. The number of hydrogen-bond acceptors (Lipinski definition) is 5. The minimum atomic E-state index is -0.656. The van der Waals surface area contributed by atoms with Crippen molar-refractivity contribution in [3.63, 3.8) is 0 Å². The first-order valence-corrected chi connectivity index (χ1v) is 7.73. The quantitative estimate of drug-likeness (QED) is 0.474. The molecule has 7 heteroatoms. The number of carbonyl (C=O) groups is 2. The minimum Gasteiger partial charge on any atom is -0.492 e. The van der Waals surface area contributed by atoms with Gasteiger partial charge in [0, 0.05) is 6.07 Å². The standard InChI is InChI=1S/C18H16N2O5/c1-11-8-12(2)10-13(9-11)25-7-6-19-17(21)14-4-3-5-15(20(23)24)16(14)18(19)22/h3-5,8-10H,6-7H2,1-2H3. The van der Waals surface area contributed by atoms with E-state index < -0.39 is 16.7 Å². The third kappa shape index (κ3) is 3.08. The molecule has 0 aliphatic carbocycles. The molecule has 0 unspecified atom stereocenters. The highest BCUT2D eigenvalue weighted by molar-refractivity contribution is 6.23. The first kappa shape index (κ1) is 16.6. The van der Waals surface area contributed by atoms with Gasteiger partial charge in [0.05, 0.1) is 17.0 Å². The van der Waals surface area contributed by atoms with Crippen LogP contribution in [-0.2, 0) is 0 Å². The second-order valence-electron chi connectivity index (χ2n) is 5.89. The molecule has 1 aliphatic rings. The number of aryl methyl sites for hydroxylation is 2. The van der Waals surface area contributed by atoms with E-state index in [1.54, 1.807) is 0 Å². The average Bonchev–Trinajstić information content (AvgIpc) is 2.79. The summed E-state index contributed by atoms with van der Waals surface area (Å²) in [6.07, 6.45) is 0. The number of nitro benzene ring substituents is 1. The van der Waals surface area contributed by atoms with Crippen molar-refractivity contribution < 1.29 is 19.2 Å². The molecule has 3 rings (SSSR count). The number of imide groups is 1. The summed E-state index contributed by atoms with van der Waals surface area (Å²) in [5, 5.41) is 11.1. The van der Waals surface area contributed by atoms with Crippen LogP contribution in [0.1, 0.15) is 31.8 Å². The second kappa shape index (κ2) is 6.35. The summed E-state index contributed by atoms with van der Waals surface area (Å²) < 4.78 is 5.62. The summed E-state index contributed by atoms with van der Waals surface area (Å²) >= 11 is 0. The second-order valence-corrected chi connectivity index (χ2v) is 5.89. The number of ether oxygens (including phenoxy) is 1. The summed E-state index contributed by atoms with van der Waals surface area (Å²) in [7, 11) is 0. The minimum absolute atomic E-state index is 0.0243. The summed E-state index contributed by atoms with van der Waals surface area (Å²) in [4.78, 5) is 36.2. The van der Waals surface area contributed by atoms with Gasteiger partial charge in [-0.05, 0) is 43.2 Å². The van der Waals surface area contributed by atoms with E-state index in [0.29, 0.717) is 5.75 Å². The Balaban J connectivity index is 1.74. The highest BCUT2D eigenvalue weighted by Crippen LogP contribution is 2.30. The molecule has 0 N–H and O–H groups in total. The number of nitrogens with zero attached hydrogens (tertiary/aromatic N) is 2. The molecule has 0 spiro atoms. The van der Waals surface area contributed by atoms with Crippen LogP contribution < -0.4 is 4.74 Å². The van der Waals surface area contributed by atoms with E-state index in [1.165, 1.54) is 18.2 Å². The molecule has 7 nitrogen and oxygen atoms in total. The van der Waals surface area contributed by atoms with Crippen molar-refractivity contribution >= 4 is 17.5 Å². The van der Waals surface area contributed by atoms with Crippen molar-refractivity contribution in [2.24, 2.45) is 0 Å². The maximum absolute atomic E-state index is 12.4. The fraction of sp³-hybridized carbons (Fsp3) is 0.222. The van der Waals surface area contributed by atoms with E-state index >= 15 is 0 Å². The van der Waals surface area contributed by atoms with Crippen molar-refractivity contribution in [2.45, 2.75) is 13.8 Å². The lowest BCUT2D eigenvalue weighted by atomic mass is 10.1. The summed E-state index contributed by atoms with van der Waals surface area (Å²) in [6, 6.07) is 9.78. The van der Waals surface area contributed by atoms with Gasteiger partial charge in [-0.3, -0.25) is 24.6 Å². The van der Waals surface area contributed by atoms with Crippen molar-refractivity contribution in [1.82, 2.24) is 4.90 Å².